The fraction of sp³-hybridized carbons (Fsp3) is 0.615. The molecule has 1 aromatic rings. The van der Waals surface area contributed by atoms with E-state index in [1.165, 1.54) is 12.5 Å². The first-order chi connectivity index (χ1) is 8.56. The third-order valence-electron chi connectivity index (χ3n) is 3.41. The van der Waals surface area contributed by atoms with Crippen LogP contribution >= 0.6 is 15.9 Å². The highest BCUT2D eigenvalue weighted by atomic mass is 79.9. The number of halogens is 2. The first-order valence-electron chi connectivity index (χ1n) is 6.35. The predicted molar refractivity (Wildman–Crippen MR) is 75.2 cm³/mol. The highest BCUT2D eigenvalue weighted by molar-refractivity contribution is 9.10. The van der Waals surface area contributed by atoms with Crippen molar-refractivity contribution in [3.63, 3.8) is 0 Å². The van der Waals surface area contributed by atoms with E-state index in [9.17, 15) is 4.39 Å². The van der Waals surface area contributed by atoms with E-state index < -0.39 is 0 Å². The summed E-state index contributed by atoms with van der Waals surface area (Å²) in [6.45, 7) is 7.44. The van der Waals surface area contributed by atoms with Gasteiger partial charge in [0, 0.05) is 29.8 Å². The van der Waals surface area contributed by atoms with Gasteiger partial charge in [0.25, 0.3) is 0 Å². The molecule has 1 N–H and O–H groups in total. The molecule has 1 saturated heterocycles. The lowest BCUT2D eigenvalue weighted by Gasteiger charge is -2.20. The van der Waals surface area contributed by atoms with Gasteiger partial charge in [-0.3, -0.25) is 0 Å². The number of hydrogen-bond donors (Lipinski definition) is 1. The topological polar surface area (TPSA) is 28.2 Å². The van der Waals surface area contributed by atoms with Gasteiger partial charge < -0.3 is 10.2 Å². The van der Waals surface area contributed by atoms with Crippen molar-refractivity contribution in [1.82, 2.24) is 9.88 Å². The zero-order valence-electron chi connectivity index (χ0n) is 10.8. The summed E-state index contributed by atoms with van der Waals surface area (Å²) in [7, 11) is 0. The van der Waals surface area contributed by atoms with Crippen molar-refractivity contribution in [3.05, 3.63) is 22.6 Å². The van der Waals surface area contributed by atoms with E-state index in [-0.39, 0.29) is 5.82 Å². The number of likely N-dealkylation sites (tertiary alicyclic amines) is 1. The fourth-order valence-corrected chi connectivity index (χ4v) is 2.59. The van der Waals surface area contributed by atoms with E-state index >= 15 is 0 Å². The molecule has 1 aromatic heterocycles. The lowest BCUT2D eigenvalue weighted by atomic mass is 10.1. The summed E-state index contributed by atoms with van der Waals surface area (Å²) in [5, 5.41) is 3.11. The van der Waals surface area contributed by atoms with Gasteiger partial charge in [0.2, 0.25) is 0 Å². The lowest BCUT2D eigenvalue weighted by Crippen LogP contribution is -2.29. The van der Waals surface area contributed by atoms with E-state index in [2.05, 4.69) is 45.0 Å². The van der Waals surface area contributed by atoms with Crippen molar-refractivity contribution in [3.8, 4) is 0 Å². The van der Waals surface area contributed by atoms with Crippen LogP contribution in [0, 0.1) is 11.7 Å². The van der Waals surface area contributed by atoms with Crippen molar-refractivity contribution >= 4 is 21.7 Å². The molecule has 0 saturated carbocycles. The van der Waals surface area contributed by atoms with Crippen LogP contribution in [0.1, 0.15) is 20.3 Å². The van der Waals surface area contributed by atoms with Crippen molar-refractivity contribution in [2.75, 3.05) is 25.0 Å². The summed E-state index contributed by atoms with van der Waals surface area (Å²) in [4.78, 5) is 6.50. The van der Waals surface area contributed by atoms with E-state index in [4.69, 9.17) is 0 Å². The molecule has 1 atom stereocenters. The highest BCUT2D eigenvalue weighted by Crippen LogP contribution is 2.20. The maximum atomic E-state index is 13.6. The zero-order chi connectivity index (χ0) is 13.1. The Bertz CT molecular complexity index is 411. The molecule has 100 valence electrons. The summed E-state index contributed by atoms with van der Waals surface area (Å²) >= 11 is 3.20. The Morgan fingerprint density at radius 1 is 1.61 bits per heavy atom. The molecule has 2 rings (SSSR count). The summed E-state index contributed by atoms with van der Waals surface area (Å²) in [6.07, 6.45) is 2.78. The second-order valence-corrected chi connectivity index (χ2v) is 6.02. The molecule has 18 heavy (non-hydrogen) atoms. The van der Waals surface area contributed by atoms with Crippen molar-refractivity contribution < 1.29 is 4.39 Å². The summed E-state index contributed by atoms with van der Waals surface area (Å²) in [5.74, 6) is 0.626. The number of aromatic nitrogens is 1. The van der Waals surface area contributed by atoms with Crippen LogP contribution in [0.25, 0.3) is 0 Å². The summed E-state index contributed by atoms with van der Waals surface area (Å²) in [6, 6.07) is 2.03. The average molecular weight is 316 g/mol. The third-order valence-corrected chi connectivity index (χ3v) is 3.85. The summed E-state index contributed by atoms with van der Waals surface area (Å²) in [5.41, 5.74) is 0. The van der Waals surface area contributed by atoms with Gasteiger partial charge in [-0.25, -0.2) is 9.37 Å². The van der Waals surface area contributed by atoms with Crippen molar-refractivity contribution in [2.24, 2.45) is 5.92 Å². The molecule has 0 aromatic carbocycles. The smallest absolute Gasteiger partial charge is 0.166 e. The van der Waals surface area contributed by atoms with Crippen molar-refractivity contribution in [1.29, 1.82) is 0 Å². The Kier molecular flexibility index (Phi) is 4.56. The molecule has 5 heteroatoms. The van der Waals surface area contributed by atoms with Gasteiger partial charge in [-0.15, -0.1) is 0 Å². The Morgan fingerprint density at radius 2 is 2.39 bits per heavy atom. The zero-order valence-corrected chi connectivity index (χ0v) is 12.4. The molecule has 0 amide bonds. The Labute approximate surface area is 116 Å². The molecule has 0 aliphatic carbocycles. The molecule has 1 fully saturated rings. The van der Waals surface area contributed by atoms with Gasteiger partial charge in [0.05, 0.1) is 0 Å². The van der Waals surface area contributed by atoms with Crippen LogP contribution in [-0.2, 0) is 0 Å². The van der Waals surface area contributed by atoms with Crippen LogP contribution in [-0.4, -0.2) is 35.6 Å². The largest absolute Gasteiger partial charge is 0.367 e. The first kappa shape index (κ1) is 13.7. The number of pyridine rings is 1. The first-order valence-corrected chi connectivity index (χ1v) is 7.14. The van der Waals surface area contributed by atoms with Gasteiger partial charge in [-0.05, 0) is 54.7 Å². The Hall–Kier alpha value is -0.680. The van der Waals surface area contributed by atoms with Crippen LogP contribution in [0.3, 0.4) is 0 Å². The number of nitrogens with one attached hydrogen (secondary N) is 1. The summed E-state index contributed by atoms with van der Waals surface area (Å²) < 4.78 is 14.2. The van der Waals surface area contributed by atoms with Crippen LogP contribution in [0.5, 0.6) is 0 Å². The average Bonchev–Trinajstić information content (AvgIpc) is 2.76. The van der Waals surface area contributed by atoms with Crippen LogP contribution < -0.4 is 5.32 Å². The van der Waals surface area contributed by atoms with Crippen LogP contribution in [0.15, 0.2) is 16.7 Å². The van der Waals surface area contributed by atoms with Gasteiger partial charge in [-0.2, -0.15) is 0 Å². The molecule has 1 unspecified atom stereocenters. The van der Waals surface area contributed by atoms with E-state index in [1.54, 1.807) is 6.20 Å². The third kappa shape index (κ3) is 3.42. The minimum atomic E-state index is -0.303. The highest BCUT2D eigenvalue weighted by Gasteiger charge is 2.24. The van der Waals surface area contributed by atoms with Crippen molar-refractivity contribution in [2.45, 2.75) is 26.3 Å². The second kappa shape index (κ2) is 5.97. The number of hydrogen-bond acceptors (Lipinski definition) is 3. The Balaban J connectivity index is 1.85. The minimum Gasteiger partial charge on any atom is -0.367 e. The van der Waals surface area contributed by atoms with Gasteiger partial charge in [0.1, 0.15) is 0 Å². The number of anilines is 1. The minimum absolute atomic E-state index is 0.303. The Morgan fingerprint density at radius 3 is 3.00 bits per heavy atom. The predicted octanol–water partition coefficient (Wildman–Crippen LogP) is 3.13. The molecule has 0 bridgehead atoms. The number of nitrogens with zero attached hydrogens (tertiary/aromatic N) is 2. The lowest BCUT2D eigenvalue weighted by molar-refractivity contribution is 0.266. The molecule has 1 aliphatic heterocycles. The maximum Gasteiger partial charge on any atom is 0.166 e. The van der Waals surface area contributed by atoms with Gasteiger partial charge in [0.15, 0.2) is 11.6 Å². The van der Waals surface area contributed by atoms with Crippen LogP contribution in [0.2, 0.25) is 0 Å². The van der Waals surface area contributed by atoms with Gasteiger partial charge in [-0.1, -0.05) is 0 Å². The monoisotopic (exact) mass is 315 g/mol. The standard InChI is InChI=1S/C13H19BrFN3/c1-9(2)18-4-3-10(8-18)6-16-13-12(15)5-11(14)7-17-13/h5,7,9-10H,3-4,6,8H2,1-2H3,(H,16,17). The molecule has 2 heterocycles. The molecule has 1 aliphatic rings. The molecule has 0 spiro atoms. The van der Waals surface area contributed by atoms with E-state index in [1.807, 2.05) is 0 Å². The molecular formula is C13H19BrFN3. The van der Waals surface area contributed by atoms with E-state index in [0.29, 0.717) is 22.3 Å². The normalized spacial score (nSPS) is 20.6. The van der Waals surface area contributed by atoms with Crippen LogP contribution in [0.4, 0.5) is 10.2 Å². The maximum absolute atomic E-state index is 13.6. The fourth-order valence-electron chi connectivity index (χ4n) is 2.28. The number of rotatable bonds is 4. The van der Waals surface area contributed by atoms with Gasteiger partial charge >= 0.3 is 0 Å². The second-order valence-electron chi connectivity index (χ2n) is 5.11. The van der Waals surface area contributed by atoms with E-state index in [0.717, 1.165) is 19.6 Å². The SMILES string of the molecule is CC(C)N1CCC(CNc2ncc(Br)cc2F)C1. The molecular weight excluding hydrogens is 297 g/mol. The molecule has 0 radical (unpaired) electrons. The quantitative estimate of drug-likeness (QED) is 0.925. The molecule has 3 nitrogen and oxygen atoms in total.